The number of rotatable bonds is 7. The van der Waals surface area contributed by atoms with Crippen molar-refractivity contribution >= 4 is 5.78 Å². The zero-order valence-corrected chi connectivity index (χ0v) is 13.8. The van der Waals surface area contributed by atoms with Crippen LogP contribution < -0.4 is 0 Å². The van der Waals surface area contributed by atoms with Crippen molar-refractivity contribution in [3.05, 3.63) is 83.4 Å². The van der Waals surface area contributed by atoms with Crippen LogP contribution in [-0.2, 0) is 17.7 Å². The molecule has 1 aromatic heterocycles. The summed E-state index contributed by atoms with van der Waals surface area (Å²) in [5.74, 6) is -0.674. The van der Waals surface area contributed by atoms with Crippen LogP contribution in [0.15, 0.2) is 60.8 Å². The van der Waals surface area contributed by atoms with Gasteiger partial charge in [-0.25, -0.2) is 9.07 Å². The van der Waals surface area contributed by atoms with Crippen molar-refractivity contribution in [2.45, 2.75) is 19.1 Å². The highest BCUT2D eigenvalue weighted by atomic mass is 19.1. The topological polar surface area (TPSA) is 57.0 Å². The van der Waals surface area contributed by atoms with Gasteiger partial charge < -0.3 is 4.74 Å². The standard InChI is InChI=1S/C19H18FN3O2/c1-25-17(11-14-5-3-2-4-6-14)12-23-13-18(21-22-23)19(24)15-7-9-16(20)10-8-15/h2-10,13,17H,11-12H2,1H3. The van der Waals surface area contributed by atoms with E-state index >= 15 is 0 Å². The Bertz CT molecular complexity index is 831. The molecular formula is C19H18FN3O2. The van der Waals surface area contributed by atoms with Gasteiger partial charge in [-0.1, -0.05) is 35.5 Å². The van der Waals surface area contributed by atoms with E-state index in [2.05, 4.69) is 10.3 Å². The van der Waals surface area contributed by atoms with Gasteiger partial charge >= 0.3 is 0 Å². The molecule has 3 rings (SSSR count). The Kier molecular flexibility index (Phi) is 5.30. The van der Waals surface area contributed by atoms with Crippen molar-refractivity contribution in [1.29, 1.82) is 0 Å². The fraction of sp³-hybridized carbons (Fsp3) is 0.211. The molecule has 0 radical (unpaired) electrons. The summed E-state index contributed by atoms with van der Waals surface area (Å²) < 4.78 is 20.1. The zero-order valence-electron chi connectivity index (χ0n) is 13.8. The molecule has 0 aliphatic heterocycles. The summed E-state index contributed by atoms with van der Waals surface area (Å²) in [6.07, 6.45) is 2.24. The molecule has 0 N–H and O–H groups in total. The van der Waals surface area contributed by atoms with Gasteiger partial charge in [0.25, 0.3) is 0 Å². The number of benzene rings is 2. The molecule has 2 aromatic carbocycles. The van der Waals surface area contributed by atoms with Gasteiger partial charge in [0.2, 0.25) is 5.78 Å². The van der Waals surface area contributed by atoms with Gasteiger partial charge in [0.1, 0.15) is 5.82 Å². The predicted octanol–water partition coefficient (Wildman–Crippen LogP) is 2.91. The average molecular weight is 339 g/mol. The van der Waals surface area contributed by atoms with Gasteiger partial charge in [-0.05, 0) is 29.8 Å². The molecule has 1 heterocycles. The van der Waals surface area contributed by atoms with Crippen LogP contribution in [0.2, 0.25) is 0 Å². The number of methoxy groups -OCH3 is 1. The molecule has 128 valence electrons. The summed E-state index contributed by atoms with van der Waals surface area (Å²) in [6, 6.07) is 15.4. The third kappa shape index (κ3) is 4.36. The van der Waals surface area contributed by atoms with Crippen molar-refractivity contribution < 1.29 is 13.9 Å². The normalized spacial score (nSPS) is 12.1. The number of hydrogen-bond acceptors (Lipinski definition) is 4. The quantitative estimate of drug-likeness (QED) is 0.621. The SMILES string of the molecule is COC(Cc1ccccc1)Cn1cc(C(=O)c2ccc(F)cc2)nn1. The van der Waals surface area contributed by atoms with Crippen molar-refractivity contribution in [3.63, 3.8) is 0 Å². The maximum absolute atomic E-state index is 13.0. The van der Waals surface area contributed by atoms with Gasteiger partial charge in [-0.3, -0.25) is 4.79 Å². The Labute approximate surface area is 145 Å². The Morgan fingerprint density at radius 3 is 2.56 bits per heavy atom. The maximum Gasteiger partial charge on any atom is 0.214 e. The van der Waals surface area contributed by atoms with E-state index in [-0.39, 0.29) is 23.4 Å². The summed E-state index contributed by atoms with van der Waals surface area (Å²) in [4.78, 5) is 12.3. The molecule has 3 aromatic rings. The van der Waals surface area contributed by atoms with Gasteiger partial charge in [-0.15, -0.1) is 5.10 Å². The van der Waals surface area contributed by atoms with E-state index in [4.69, 9.17) is 4.74 Å². The van der Waals surface area contributed by atoms with E-state index in [1.165, 1.54) is 24.3 Å². The van der Waals surface area contributed by atoms with Crippen molar-refractivity contribution in [1.82, 2.24) is 15.0 Å². The molecule has 0 bridgehead atoms. The number of nitrogens with zero attached hydrogens (tertiary/aromatic N) is 3. The molecule has 25 heavy (non-hydrogen) atoms. The van der Waals surface area contributed by atoms with Crippen LogP contribution in [0.5, 0.6) is 0 Å². The Balaban J connectivity index is 1.68. The lowest BCUT2D eigenvalue weighted by Gasteiger charge is -2.14. The van der Waals surface area contributed by atoms with Crippen molar-refractivity contribution in [2.75, 3.05) is 7.11 Å². The molecule has 0 saturated heterocycles. The van der Waals surface area contributed by atoms with Gasteiger partial charge in [0, 0.05) is 19.1 Å². The molecular weight excluding hydrogens is 321 g/mol. The van der Waals surface area contributed by atoms with Crippen molar-refractivity contribution in [3.8, 4) is 0 Å². The Hall–Kier alpha value is -2.86. The molecule has 0 spiro atoms. The number of ether oxygens (including phenoxy) is 1. The highest BCUT2D eigenvalue weighted by Crippen LogP contribution is 2.10. The van der Waals surface area contributed by atoms with Gasteiger partial charge in [0.15, 0.2) is 5.69 Å². The Morgan fingerprint density at radius 1 is 1.16 bits per heavy atom. The highest BCUT2D eigenvalue weighted by molar-refractivity contribution is 6.07. The van der Waals surface area contributed by atoms with Crippen LogP contribution in [0.1, 0.15) is 21.6 Å². The smallest absolute Gasteiger partial charge is 0.214 e. The molecule has 0 amide bonds. The lowest BCUT2D eigenvalue weighted by Crippen LogP contribution is -2.21. The van der Waals surface area contributed by atoms with Crippen LogP contribution in [0, 0.1) is 5.82 Å². The van der Waals surface area contributed by atoms with Crippen LogP contribution in [0.4, 0.5) is 4.39 Å². The highest BCUT2D eigenvalue weighted by Gasteiger charge is 2.16. The van der Waals surface area contributed by atoms with E-state index in [1.54, 1.807) is 18.0 Å². The zero-order chi connectivity index (χ0) is 17.6. The first-order valence-corrected chi connectivity index (χ1v) is 7.93. The Morgan fingerprint density at radius 2 is 1.88 bits per heavy atom. The average Bonchev–Trinajstić information content (AvgIpc) is 3.10. The van der Waals surface area contributed by atoms with Crippen molar-refractivity contribution in [2.24, 2.45) is 0 Å². The molecule has 0 aliphatic rings. The fourth-order valence-electron chi connectivity index (χ4n) is 2.55. The van der Waals surface area contributed by atoms with E-state index in [9.17, 15) is 9.18 Å². The summed E-state index contributed by atoms with van der Waals surface area (Å²) in [5.41, 5.74) is 1.76. The molecule has 0 saturated carbocycles. The summed E-state index contributed by atoms with van der Waals surface area (Å²) in [6.45, 7) is 0.481. The first-order valence-electron chi connectivity index (χ1n) is 7.93. The number of carbonyl (C=O) groups is 1. The second-order valence-corrected chi connectivity index (χ2v) is 5.71. The van der Waals surface area contributed by atoms with Crippen LogP contribution >= 0.6 is 0 Å². The largest absolute Gasteiger partial charge is 0.379 e. The second kappa shape index (κ2) is 7.81. The minimum atomic E-state index is -0.385. The minimum absolute atomic E-state index is 0.0853. The number of hydrogen-bond donors (Lipinski definition) is 0. The molecule has 0 aliphatic carbocycles. The lowest BCUT2D eigenvalue weighted by atomic mass is 10.1. The third-order valence-corrected chi connectivity index (χ3v) is 3.91. The first-order chi connectivity index (χ1) is 12.2. The first kappa shape index (κ1) is 17.0. The molecule has 1 unspecified atom stereocenters. The number of aromatic nitrogens is 3. The molecule has 6 heteroatoms. The number of ketones is 1. The maximum atomic E-state index is 13.0. The molecule has 1 atom stereocenters. The minimum Gasteiger partial charge on any atom is -0.379 e. The van der Waals surface area contributed by atoms with Crippen LogP contribution in [0.25, 0.3) is 0 Å². The fourth-order valence-corrected chi connectivity index (χ4v) is 2.55. The van der Waals surface area contributed by atoms with E-state index in [1.807, 2.05) is 30.3 Å². The van der Waals surface area contributed by atoms with E-state index < -0.39 is 0 Å². The van der Waals surface area contributed by atoms with Crippen LogP contribution in [0.3, 0.4) is 0 Å². The summed E-state index contributed by atoms with van der Waals surface area (Å²) in [7, 11) is 1.65. The van der Waals surface area contributed by atoms with Gasteiger partial charge in [-0.2, -0.15) is 0 Å². The monoisotopic (exact) mass is 339 g/mol. The predicted molar refractivity (Wildman–Crippen MR) is 90.8 cm³/mol. The van der Waals surface area contributed by atoms with Gasteiger partial charge in [0.05, 0.1) is 18.8 Å². The van der Waals surface area contributed by atoms with E-state index in [0.29, 0.717) is 12.1 Å². The lowest BCUT2D eigenvalue weighted by molar-refractivity contribution is 0.0843. The number of halogens is 1. The number of carbonyl (C=O) groups excluding carboxylic acids is 1. The summed E-state index contributed by atoms with van der Waals surface area (Å²) >= 11 is 0. The molecule has 0 fully saturated rings. The molecule has 5 nitrogen and oxygen atoms in total. The summed E-state index contributed by atoms with van der Waals surface area (Å²) in [5, 5.41) is 7.92. The second-order valence-electron chi connectivity index (χ2n) is 5.71. The third-order valence-electron chi connectivity index (χ3n) is 3.91. The van der Waals surface area contributed by atoms with Crippen LogP contribution in [-0.4, -0.2) is 34.0 Å². The van der Waals surface area contributed by atoms with E-state index in [0.717, 1.165) is 12.0 Å².